The summed E-state index contributed by atoms with van der Waals surface area (Å²) < 4.78 is 11.1. The molecule has 0 aromatic heterocycles. The van der Waals surface area contributed by atoms with Crippen molar-refractivity contribution < 1.29 is 14.3 Å². The fourth-order valence-corrected chi connectivity index (χ4v) is 2.90. The Morgan fingerprint density at radius 2 is 1.48 bits per heavy atom. The third-order valence-electron chi connectivity index (χ3n) is 4.63. The van der Waals surface area contributed by atoms with E-state index in [9.17, 15) is 4.79 Å². The van der Waals surface area contributed by atoms with E-state index in [1.807, 2.05) is 55.5 Å². The summed E-state index contributed by atoms with van der Waals surface area (Å²) in [7, 11) is 0. The number of esters is 1. The Morgan fingerprint density at radius 3 is 2.14 bits per heavy atom. The molecule has 0 N–H and O–H groups in total. The van der Waals surface area contributed by atoms with Crippen LogP contribution in [0.1, 0.15) is 27.8 Å². The minimum atomic E-state index is -0.444. The normalized spacial score (nSPS) is 14.6. The van der Waals surface area contributed by atoms with Gasteiger partial charge in [-0.1, -0.05) is 59.7 Å². The monoisotopic (exact) mass is 383 g/mol. The summed E-state index contributed by atoms with van der Waals surface area (Å²) in [5, 5.41) is 0. The molecule has 29 heavy (non-hydrogen) atoms. The van der Waals surface area contributed by atoms with Gasteiger partial charge in [0.15, 0.2) is 5.70 Å². The van der Waals surface area contributed by atoms with E-state index in [4.69, 9.17) is 9.47 Å². The average molecular weight is 383 g/mol. The maximum Gasteiger partial charge on any atom is 0.363 e. The number of aliphatic imine (C=N–C) groups is 1. The van der Waals surface area contributed by atoms with E-state index in [1.54, 1.807) is 6.08 Å². The number of cyclic esters (lactones) is 1. The molecule has 0 unspecified atom stereocenters. The summed E-state index contributed by atoms with van der Waals surface area (Å²) in [6.45, 7) is 4.58. The van der Waals surface area contributed by atoms with Gasteiger partial charge in [-0.15, -0.1) is 0 Å². The fraction of sp³-hybridized carbons (Fsp3) is 0.120. The summed E-state index contributed by atoms with van der Waals surface area (Å²) in [5.41, 5.74) is 5.41. The van der Waals surface area contributed by atoms with Crippen LogP contribution in [-0.2, 0) is 16.1 Å². The number of benzene rings is 3. The Labute approximate surface area is 170 Å². The van der Waals surface area contributed by atoms with Gasteiger partial charge < -0.3 is 9.47 Å². The summed E-state index contributed by atoms with van der Waals surface area (Å²) in [6, 6.07) is 23.5. The first-order valence-corrected chi connectivity index (χ1v) is 9.45. The highest BCUT2D eigenvalue weighted by Crippen LogP contribution is 2.21. The first-order chi connectivity index (χ1) is 14.1. The van der Waals surface area contributed by atoms with Crippen molar-refractivity contribution in [3.05, 3.63) is 106 Å². The van der Waals surface area contributed by atoms with Crippen molar-refractivity contribution >= 4 is 17.9 Å². The van der Waals surface area contributed by atoms with Crippen LogP contribution >= 0.6 is 0 Å². The topological polar surface area (TPSA) is 47.9 Å². The van der Waals surface area contributed by atoms with Crippen molar-refractivity contribution in [3.63, 3.8) is 0 Å². The summed E-state index contributed by atoms with van der Waals surface area (Å²) in [6.07, 6.45) is 1.72. The first-order valence-electron chi connectivity index (χ1n) is 9.45. The quantitative estimate of drug-likeness (QED) is 0.448. The lowest BCUT2D eigenvalue weighted by molar-refractivity contribution is -0.129. The van der Waals surface area contributed by atoms with Gasteiger partial charge in [-0.05, 0) is 55.3 Å². The predicted molar refractivity (Wildman–Crippen MR) is 114 cm³/mol. The highest BCUT2D eigenvalue weighted by Gasteiger charge is 2.23. The molecular formula is C25H21NO3. The minimum Gasteiger partial charge on any atom is -0.489 e. The molecule has 4 heteroatoms. The van der Waals surface area contributed by atoms with Gasteiger partial charge in [-0.3, -0.25) is 0 Å². The molecule has 0 amide bonds. The van der Waals surface area contributed by atoms with Gasteiger partial charge >= 0.3 is 5.97 Å². The van der Waals surface area contributed by atoms with Crippen molar-refractivity contribution in [2.24, 2.45) is 4.99 Å². The lowest BCUT2D eigenvalue weighted by Gasteiger charge is -2.07. The number of carbonyl (C=O) groups excluding carboxylic acids is 1. The molecule has 0 atom stereocenters. The number of hydrogen-bond donors (Lipinski definition) is 0. The first kappa shape index (κ1) is 18.7. The SMILES string of the molecule is Cc1ccc(COc2ccc(C=C3N=C(c4ccc(C)cc4)OC3=O)cc2)cc1. The lowest BCUT2D eigenvalue weighted by Crippen LogP contribution is -2.05. The molecule has 0 spiro atoms. The number of nitrogens with zero attached hydrogens (tertiary/aromatic N) is 1. The van der Waals surface area contributed by atoms with Gasteiger partial charge in [0, 0.05) is 5.56 Å². The van der Waals surface area contributed by atoms with Gasteiger partial charge in [0.05, 0.1) is 0 Å². The molecule has 0 aliphatic carbocycles. The molecule has 1 heterocycles. The molecule has 0 radical (unpaired) electrons. The molecule has 1 aliphatic heterocycles. The zero-order chi connectivity index (χ0) is 20.2. The Hall–Kier alpha value is -3.66. The summed E-state index contributed by atoms with van der Waals surface area (Å²) in [4.78, 5) is 16.5. The maximum absolute atomic E-state index is 12.1. The van der Waals surface area contributed by atoms with E-state index in [2.05, 4.69) is 36.2 Å². The van der Waals surface area contributed by atoms with Crippen LogP contribution in [0.15, 0.2) is 83.5 Å². The standard InChI is InChI=1S/C25H21NO3/c1-17-3-7-20(8-4-17)16-28-22-13-9-19(10-14-22)15-23-25(27)29-24(26-23)21-11-5-18(2)6-12-21/h3-15H,16H2,1-2H3. The number of aryl methyl sites for hydroxylation is 2. The largest absolute Gasteiger partial charge is 0.489 e. The van der Waals surface area contributed by atoms with Crippen LogP contribution in [0.2, 0.25) is 0 Å². The molecule has 4 nitrogen and oxygen atoms in total. The Bertz CT molecular complexity index is 1080. The molecule has 4 rings (SSSR count). The van der Waals surface area contributed by atoms with E-state index in [1.165, 1.54) is 5.56 Å². The second kappa shape index (κ2) is 8.15. The number of ether oxygens (including phenoxy) is 2. The Kier molecular flexibility index (Phi) is 5.25. The highest BCUT2D eigenvalue weighted by molar-refractivity contribution is 6.12. The van der Waals surface area contributed by atoms with E-state index in [0.29, 0.717) is 12.5 Å². The molecular weight excluding hydrogens is 362 g/mol. The van der Waals surface area contributed by atoms with Gasteiger partial charge in [0.1, 0.15) is 12.4 Å². The third kappa shape index (κ3) is 4.61. The predicted octanol–water partition coefficient (Wildman–Crippen LogP) is 5.23. The van der Waals surface area contributed by atoms with Crippen molar-refractivity contribution in [1.82, 2.24) is 0 Å². The Balaban J connectivity index is 1.44. The van der Waals surface area contributed by atoms with Gasteiger partial charge in [0.25, 0.3) is 0 Å². The zero-order valence-corrected chi connectivity index (χ0v) is 16.4. The van der Waals surface area contributed by atoms with Crippen LogP contribution in [0, 0.1) is 13.8 Å². The highest BCUT2D eigenvalue weighted by atomic mass is 16.6. The molecule has 0 bridgehead atoms. The van der Waals surface area contributed by atoms with Crippen LogP contribution < -0.4 is 4.74 Å². The summed E-state index contributed by atoms with van der Waals surface area (Å²) >= 11 is 0. The van der Waals surface area contributed by atoms with Crippen LogP contribution in [0.4, 0.5) is 0 Å². The van der Waals surface area contributed by atoms with Gasteiger partial charge in [-0.25, -0.2) is 9.79 Å². The Morgan fingerprint density at radius 1 is 0.862 bits per heavy atom. The molecule has 144 valence electrons. The number of rotatable bonds is 5. The van der Waals surface area contributed by atoms with Crippen molar-refractivity contribution in [3.8, 4) is 5.75 Å². The third-order valence-corrected chi connectivity index (χ3v) is 4.63. The zero-order valence-electron chi connectivity index (χ0n) is 16.4. The van der Waals surface area contributed by atoms with Crippen molar-refractivity contribution in [1.29, 1.82) is 0 Å². The van der Waals surface area contributed by atoms with Crippen LogP contribution in [-0.4, -0.2) is 11.9 Å². The fourth-order valence-electron chi connectivity index (χ4n) is 2.90. The van der Waals surface area contributed by atoms with Crippen LogP contribution in [0.25, 0.3) is 6.08 Å². The number of hydrogen-bond acceptors (Lipinski definition) is 4. The molecule has 0 saturated carbocycles. The minimum absolute atomic E-state index is 0.286. The van der Waals surface area contributed by atoms with E-state index < -0.39 is 5.97 Å². The van der Waals surface area contributed by atoms with E-state index in [0.717, 1.165) is 28.0 Å². The van der Waals surface area contributed by atoms with Gasteiger partial charge in [0.2, 0.25) is 5.90 Å². The van der Waals surface area contributed by atoms with Crippen LogP contribution in [0.5, 0.6) is 5.75 Å². The second-order valence-electron chi connectivity index (χ2n) is 7.05. The number of carbonyl (C=O) groups is 1. The average Bonchev–Trinajstić information content (AvgIpc) is 3.09. The van der Waals surface area contributed by atoms with E-state index >= 15 is 0 Å². The maximum atomic E-state index is 12.1. The van der Waals surface area contributed by atoms with Crippen molar-refractivity contribution in [2.45, 2.75) is 20.5 Å². The van der Waals surface area contributed by atoms with Crippen LogP contribution in [0.3, 0.4) is 0 Å². The summed E-state index contributed by atoms with van der Waals surface area (Å²) in [5.74, 6) is 0.658. The lowest BCUT2D eigenvalue weighted by atomic mass is 10.1. The molecule has 0 saturated heterocycles. The molecule has 0 fully saturated rings. The molecule has 3 aromatic carbocycles. The molecule has 1 aliphatic rings. The van der Waals surface area contributed by atoms with E-state index in [-0.39, 0.29) is 5.70 Å². The smallest absolute Gasteiger partial charge is 0.363 e. The van der Waals surface area contributed by atoms with Crippen molar-refractivity contribution in [2.75, 3.05) is 0 Å². The second-order valence-corrected chi connectivity index (χ2v) is 7.05. The molecule has 3 aromatic rings. The van der Waals surface area contributed by atoms with Gasteiger partial charge in [-0.2, -0.15) is 0 Å².